The summed E-state index contributed by atoms with van der Waals surface area (Å²) in [4.78, 5) is 27.4. The zero-order valence-corrected chi connectivity index (χ0v) is 20.1. The summed E-state index contributed by atoms with van der Waals surface area (Å²) in [5, 5.41) is 1.56. The van der Waals surface area contributed by atoms with E-state index in [2.05, 4.69) is 22.8 Å². The Morgan fingerprint density at radius 3 is 2.38 bits per heavy atom. The molecular formula is C28H23ClN2O2S. The molecule has 6 heteroatoms. The van der Waals surface area contributed by atoms with Crippen LogP contribution in [0.5, 0.6) is 0 Å². The molecule has 1 saturated heterocycles. The zero-order chi connectivity index (χ0) is 23.5. The maximum absolute atomic E-state index is 13.0. The Balaban J connectivity index is 1.36. The predicted octanol–water partition coefficient (Wildman–Crippen LogP) is 7.01. The van der Waals surface area contributed by atoms with Crippen molar-refractivity contribution in [1.29, 1.82) is 0 Å². The number of hydrogen-bond acceptors (Lipinski definition) is 3. The molecule has 4 nitrogen and oxygen atoms in total. The first-order chi connectivity index (χ1) is 16.6. The second-order valence-corrected chi connectivity index (χ2v) is 9.71. The Labute approximate surface area is 207 Å². The molecule has 2 heterocycles. The highest BCUT2D eigenvalue weighted by atomic mass is 35.5. The lowest BCUT2D eigenvalue weighted by Gasteiger charge is -2.12. The number of fused-ring (bicyclic) bond motifs is 1. The van der Waals surface area contributed by atoms with E-state index in [-0.39, 0.29) is 11.1 Å². The topological polar surface area (TPSA) is 42.3 Å². The van der Waals surface area contributed by atoms with E-state index in [4.69, 9.17) is 11.6 Å². The van der Waals surface area contributed by atoms with E-state index in [0.717, 1.165) is 46.6 Å². The first-order valence-corrected chi connectivity index (χ1v) is 12.4. The fraction of sp³-hybridized carbons (Fsp3) is 0.143. The van der Waals surface area contributed by atoms with Gasteiger partial charge in [0.25, 0.3) is 11.1 Å². The highest BCUT2D eigenvalue weighted by Gasteiger charge is 2.34. The van der Waals surface area contributed by atoms with Gasteiger partial charge >= 0.3 is 0 Å². The molecule has 0 atom stereocenters. The number of rotatable bonds is 7. The minimum atomic E-state index is -0.211. The monoisotopic (exact) mass is 486 g/mol. The molecule has 5 rings (SSSR count). The number of benzene rings is 3. The van der Waals surface area contributed by atoms with Crippen molar-refractivity contribution < 1.29 is 9.59 Å². The number of hydrogen-bond donors (Lipinski definition) is 0. The molecule has 0 spiro atoms. The summed E-state index contributed by atoms with van der Waals surface area (Å²) in [6.07, 6.45) is 5.47. The molecule has 34 heavy (non-hydrogen) atoms. The van der Waals surface area contributed by atoms with E-state index < -0.39 is 0 Å². The minimum Gasteiger partial charge on any atom is -0.342 e. The fourth-order valence-electron chi connectivity index (χ4n) is 4.23. The molecule has 0 aliphatic carbocycles. The molecule has 2 amide bonds. The van der Waals surface area contributed by atoms with Gasteiger partial charge in [0.15, 0.2) is 0 Å². The van der Waals surface area contributed by atoms with Crippen LogP contribution in [-0.4, -0.2) is 27.2 Å². The van der Waals surface area contributed by atoms with Gasteiger partial charge in [-0.15, -0.1) is 0 Å². The van der Waals surface area contributed by atoms with Gasteiger partial charge in [0.2, 0.25) is 0 Å². The van der Waals surface area contributed by atoms with Gasteiger partial charge in [-0.25, -0.2) is 0 Å². The van der Waals surface area contributed by atoms with E-state index >= 15 is 0 Å². The van der Waals surface area contributed by atoms with E-state index in [1.54, 1.807) is 0 Å². The zero-order valence-electron chi connectivity index (χ0n) is 18.5. The van der Waals surface area contributed by atoms with E-state index in [0.29, 0.717) is 23.0 Å². The fourth-order valence-corrected chi connectivity index (χ4v) is 5.21. The molecule has 0 N–H and O–H groups in total. The van der Waals surface area contributed by atoms with Gasteiger partial charge in [-0.2, -0.15) is 0 Å². The number of halogens is 1. The van der Waals surface area contributed by atoms with Crippen molar-refractivity contribution in [3.05, 3.63) is 112 Å². The van der Waals surface area contributed by atoms with Crippen LogP contribution < -0.4 is 0 Å². The van der Waals surface area contributed by atoms with Crippen LogP contribution in [0, 0.1) is 0 Å². The minimum absolute atomic E-state index is 0.200. The van der Waals surface area contributed by atoms with Crippen molar-refractivity contribution >= 4 is 51.5 Å². The summed E-state index contributed by atoms with van der Waals surface area (Å²) in [5.41, 5.74) is 4.35. The Bertz CT molecular complexity index is 1380. The third-order valence-electron chi connectivity index (χ3n) is 5.94. The number of aryl methyl sites for hydroxylation is 1. The lowest BCUT2D eigenvalue weighted by molar-refractivity contribution is -0.122. The summed E-state index contributed by atoms with van der Waals surface area (Å²) >= 11 is 7.05. The summed E-state index contributed by atoms with van der Waals surface area (Å²) < 4.78 is 2.16. The molecular weight excluding hydrogens is 464 g/mol. The molecule has 4 aromatic rings. The molecule has 1 fully saturated rings. The summed E-state index contributed by atoms with van der Waals surface area (Å²) in [6, 6.07) is 26.0. The first kappa shape index (κ1) is 22.5. The van der Waals surface area contributed by atoms with Gasteiger partial charge < -0.3 is 4.57 Å². The number of nitrogens with zero attached hydrogens (tertiary/aromatic N) is 2. The summed E-state index contributed by atoms with van der Waals surface area (Å²) in [7, 11) is 0. The first-order valence-electron chi connectivity index (χ1n) is 11.2. The van der Waals surface area contributed by atoms with Gasteiger partial charge in [-0.1, -0.05) is 72.3 Å². The Hall–Kier alpha value is -3.28. The van der Waals surface area contributed by atoms with E-state index in [1.807, 2.05) is 72.9 Å². The Morgan fingerprint density at radius 1 is 0.853 bits per heavy atom. The lowest BCUT2D eigenvalue weighted by Crippen LogP contribution is -2.29. The number of carbonyl (C=O) groups excluding carboxylic acids is 2. The second-order valence-electron chi connectivity index (χ2n) is 8.28. The van der Waals surface area contributed by atoms with Crippen LogP contribution in [-0.2, 0) is 17.8 Å². The molecule has 0 unspecified atom stereocenters. The molecule has 170 valence electrons. The molecule has 1 aliphatic heterocycles. The van der Waals surface area contributed by atoms with Gasteiger partial charge in [-0.3, -0.25) is 14.5 Å². The van der Waals surface area contributed by atoms with Crippen molar-refractivity contribution in [2.45, 2.75) is 19.4 Å². The highest BCUT2D eigenvalue weighted by molar-refractivity contribution is 8.18. The number of para-hydroxylation sites is 1. The van der Waals surface area contributed by atoms with Gasteiger partial charge in [0.05, 0.1) is 4.91 Å². The number of aromatic nitrogens is 1. The average molecular weight is 487 g/mol. The standard InChI is InChI=1S/C28H23ClN2O2S/c29-23-14-12-21(13-15-23)18-30-19-22(24-10-4-5-11-25(24)30)17-26-27(32)31(28(33)34-26)16-6-9-20-7-2-1-3-8-20/h1-5,7-8,10-15,17,19H,6,9,16,18H2/b26-17+. The maximum Gasteiger partial charge on any atom is 0.293 e. The number of carbonyl (C=O) groups is 2. The van der Waals surface area contributed by atoms with Crippen molar-refractivity contribution in [2.75, 3.05) is 6.54 Å². The van der Waals surface area contributed by atoms with Crippen LogP contribution in [0.25, 0.3) is 17.0 Å². The largest absolute Gasteiger partial charge is 0.342 e. The van der Waals surface area contributed by atoms with Gasteiger partial charge in [-0.05, 0) is 60.0 Å². The molecule has 1 aliphatic rings. The second kappa shape index (κ2) is 9.92. The van der Waals surface area contributed by atoms with Crippen LogP contribution in [0.1, 0.15) is 23.1 Å². The number of thioether (sulfide) groups is 1. The smallest absolute Gasteiger partial charge is 0.293 e. The normalized spacial score (nSPS) is 15.1. The Kier molecular flexibility index (Phi) is 6.57. The lowest BCUT2D eigenvalue weighted by atomic mass is 10.1. The van der Waals surface area contributed by atoms with Crippen molar-refractivity contribution in [1.82, 2.24) is 9.47 Å². The molecule has 0 radical (unpaired) electrons. The Morgan fingerprint density at radius 2 is 1.59 bits per heavy atom. The number of amides is 2. The van der Waals surface area contributed by atoms with Crippen LogP contribution in [0.4, 0.5) is 4.79 Å². The quantitative estimate of drug-likeness (QED) is 0.264. The number of imide groups is 1. The maximum atomic E-state index is 13.0. The van der Waals surface area contributed by atoms with Crippen LogP contribution in [0.15, 0.2) is 90.0 Å². The van der Waals surface area contributed by atoms with Crippen molar-refractivity contribution in [3.8, 4) is 0 Å². The van der Waals surface area contributed by atoms with Gasteiger partial charge in [0, 0.05) is 40.8 Å². The molecule has 3 aromatic carbocycles. The summed E-state index contributed by atoms with van der Waals surface area (Å²) in [5.74, 6) is -0.211. The van der Waals surface area contributed by atoms with Crippen molar-refractivity contribution in [2.24, 2.45) is 0 Å². The molecule has 0 bridgehead atoms. The highest BCUT2D eigenvalue weighted by Crippen LogP contribution is 2.34. The third kappa shape index (κ3) is 4.81. The molecule has 1 aromatic heterocycles. The third-order valence-corrected chi connectivity index (χ3v) is 7.10. The SMILES string of the molecule is O=C1S/C(=C/c2cn(Cc3ccc(Cl)cc3)c3ccccc23)C(=O)N1CCCc1ccccc1. The molecule has 0 saturated carbocycles. The predicted molar refractivity (Wildman–Crippen MR) is 140 cm³/mol. The van der Waals surface area contributed by atoms with Crippen LogP contribution in [0.2, 0.25) is 5.02 Å². The van der Waals surface area contributed by atoms with E-state index in [9.17, 15) is 9.59 Å². The van der Waals surface area contributed by atoms with E-state index in [1.165, 1.54) is 10.5 Å². The van der Waals surface area contributed by atoms with Gasteiger partial charge in [0.1, 0.15) is 0 Å². The van der Waals surface area contributed by atoms with Crippen LogP contribution in [0.3, 0.4) is 0 Å². The van der Waals surface area contributed by atoms with Crippen molar-refractivity contribution in [3.63, 3.8) is 0 Å². The van der Waals surface area contributed by atoms with Crippen LogP contribution >= 0.6 is 23.4 Å². The average Bonchev–Trinajstić information content (AvgIpc) is 3.33. The summed E-state index contributed by atoms with van der Waals surface area (Å²) in [6.45, 7) is 1.11.